The molecule has 0 aliphatic carbocycles. The van der Waals surface area contributed by atoms with Crippen LogP contribution >= 0.6 is 11.8 Å². The van der Waals surface area contributed by atoms with Crippen molar-refractivity contribution in [2.45, 2.75) is 25.7 Å². The SMILES string of the molecule is CSCCCCCNC(=O)Cc1ccc(N)cn1. The fourth-order valence-electron chi connectivity index (χ4n) is 1.54. The van der Waals surface area contributed by atoms with Gasteiger partial charge in [0.25, 0.3) is 0 Å². The van der Waals surface area contributed by atoms with E-state index < -0.39 is 0 Å². The highest BCUT2D eigenvalue weighted by Gasteiger charge is 2.03. The molecule has 1 heterocycles. The van der Waals surface area contributed by atoms with Crippen LogP contribution in [0.1, 0.15) is 25.0 Å². The van der Waals surface area contributed by atoms with Crippen LogP contribution in [0.25, 0.3) is 0 Å². The average Bonchev–Trinajstić information content (AvgIpc) is 2.36. The van der Waals surface area contributed by atoms with E-state index in [4.69, 9.17) is 5.73 Å². The number of thioether (sulfide) groups is 1. The van der Waals surface area contributed by atoms with Gasteiger partial charge in [-0.2, -0.15) is 11.8 Å². The molecule has 0 radical (unpaired) electrons. The molecule has 3 N–H and O–H groups in total. The predicted molar refractivity (Wildman–Crippen MR) is 77.6 cm³/mol. The van der Waals surface area contributed by atoms with Crippen LogP contribution in [0.4, 0.5) is 5.69 Å². The summed E-state index contributed by atoms with van der Waals surface area (Å²) in [5.41, 5.74) is 6.90. The molecule has 0 unspecified atom stereocenters. The normalized spacial score (nSPS) is 10.3. The summed E-state index contributed by atoms with van der Waals surface area (Å²) in [7, 11) is 0. The second kappa shape index (κ2) is 8.80. The molecule has 0 fully saturated rings. The molecular weight excluding hydrogens is 246 g/mol. The number of anilines is 1. The molecule has 4 nitrogen and oxygen atoms in total. The van der Waals surface area contributed by atoms with Crippen LogP contribution in [0.3, 0.4) is 0 Å². The number of hydrogen-bond donors (Lipinski definition) is 2. The monoisotopic (exact) mass is 267 g/mol. The molecule has 0 bridgehead atoms. The first-order chi connectivity index (χ1) is 8.72. The summed E-state index contributed by atoms with van der Waals surface area (Å²) < 4.78 is 0. The summed E-state index contributed by atoms with van der Waals surface area (Å²) in [5.74, 6) is 1.22. The van der Waals surface area contributed by atoms with E-state index in [1.807, 2.05) is 11.8 Å². The van der Waals surface area contributed by atoms with Gasteiger partial charge in [-0.1, -0.05) is 6.42 Å². The van der Waals surface area contributed by atoms with Gasteiger partial charge in [-0.3, -0.25) is 9.78 Å². The minimum atomic E-state index is 0.0251. The summed E-state index contributed by atoms with van der Waals surface area (Å²) in [6.07, 6.45) is 7.44. The molecule has 0 aromatic carbocycles. The van der Waals surface area contributed by atoms with Crippen molar-refractivity contribution < 1.29 is 4.79 Å². The molecule has 0 spiro atoms. The third-order valence-electron chi connectivity index (χ3n) is 2.54. The van der Waals surface area contributed by atoms with Crippen molar-refractivity contribution in [1.82, 2.24) is 10.3 Å². The summed E-state index contributed by atoms with van der Waals surface area (Å²) in [5, 5.41) is 2.91. The van der Waals surface area contributed by atoms with Gasteiger partial charge in [0.1, 0.15) is 0 Å². The number of nitrogens with one attached hydrogen (secondary N) is 1. The predicted octanol–water partition coefficient (Wildman–Crippen LogP) is 1.86. The van der Waals surface area contributed by atoms with Crippen molar-refractivity contribution in [2.75, 3.05) is 24.3 Å². The molecule has 0 atom stereocenters. The number of nitrogens with two attached hydrogens (primary N) is 1. The Morgan fingerprint density at radius 3 is 2.89 bits per heavy atom. The van der Waals surface area contributed by atoms with E-state index in [0.29, 0.717) is 12.1 Å². The van der Waals surface area contributed by atoms with Gasteiger partial charge >= 0.3 is 0 Å². The summed E-state index contributed by atoms with van der Waals surface area (Å²) in [6.45, 7) is 0.752. The Kier molecular flexibility index (Phi) is 7.25. The zero-order chi connectivity index (χ0) is 13.2. The topological polar surface area (TPSA) is 68.0 Å². The van der Waals surface area contributed by atoms with Crippen LogP contribution in [-0.2, 0) is 11.2 Å². The van der Waals surface area contributed by atoms with Gasteiger partial charge in [0.2, 0.25) is 5.91 Å². The molecule has 0 saturated carbocycles. The first-order valence-electron chi connectivity index (χ1n) is 6.18. The third kappa shape index (κ3) is 6.49. The van der Waals surface area contributed by atoms with Crippen LogP contribution in [0.15, 0.2) is 18.3 Å². The zero-order valence-electron chi connectivity index (χ0n) is 10.8. The van der Waals surface area contributed by atoms with Crippen molar-refractivity contribution in [2.24, 2.45) is 0 Å². The number of nitrogen functional groups attached to an aromatic ring is 1. The van der Waals surface area contributed by atoms with Crippen LogP contribution in [0.5, 0.6) is 0 Å². The maximum Gasteiger partial charge on any atom is 0.226 e. The molecule has 0 aliphatic heterocycles. The quantitative estimate of drug-likeness (QED) is 0.705. The lowest BCUT2D eigenvalue weighted by molar-refractivity contribution is -0.120. The van der Waals surface area contributed by atoms with Crippen LogP contribution < -0.4 is 11.1 Å². The highest BCUT2D eigenvalue weighted by atomic mass is 32.2. The highest BCUT2D eigenvalue weighted by Crippen LogP contribution is 2.03. The Balaban J connectivity index is 2.12. The molecule has 1 aromatic rings. The lowest BCUT2D eigenvalue weighted by atomic mass is 10.2. The van der Waals surface area contributed by atoms with Crippen LogP contribution in [0.2, 0.25) is 0 Å². The Morgan fingerprint density at radius 2 is 2.22 bits per heavy atom. The van der Waals surface area contributed by atoms with E-state index in [1.165, 1.54) is 18.6 Å². The highest BCUT2D eigenvalue weighted by molar-refractivity contribution is 7.98. The number of pyridine rings is 1. The summed E-state index contributed by atoms with van der Waals surface area (Å²) in [6, 6.07) is 3.55. The van der Waals surface area contributed by atoms with Gasteiger partial charge in [-0.15, -0.1) is 0 Å². The Bertz CT molecular complexity index is 354. The number of amides is 1. The number of nitrogens with zero attached hydrogens (tertiary/aromatic N) is 1. The maximum absolute atomic E-state index is 11.6. The first kappa shape index (κ1) is 14.8. The van der Waals surface area contributed by atoms with E-state index in [2.05, 4.69) is 16.6 Å². The minimum Gasteiger partial charge on any atom is -0.397 e. The van der Waals surface area contributed by atoms with Crippen molar-refractivity contribution in [3.05, 3.63) is 24.0 Å². The smallest absolute Gasteiger partial charge is 0.226 e. The van der Waals surface area contributed by atoms with Gasteiger partial charge < -0.3 is 11.1 Å². The van der Waals surface area contributed by atoms with E-state index in [0.717, 1.165) is 18.7 Å². The van der Waals surface area contributed by atoms with Gasteiger partial charge in [0.15, 0.2) is 0 Å². The van der Waals surface area contributed by atoms with Crippen LogP contribution in [-0.4, -0.2) is 29.4 Å². The first-order valence-corrected chi connectivity index (χ1v) is 7.58. The zero-order valence-corrected chi connectivity index (χ0v) is 11.6. The summed E-state index contributed by atoms with van der Waals surface area (Å²) >= 11 is 1.86. The van der Waals surface area contributed by atoms with Gasteiger partial charge in [0.05, 0.1) is 18.3 Å². The second-order valence-corrected chi connectivity index (χ2v) is 5.15. The van der Waals surface area contributed by atoms with Crippen molar-refractivity contribution in [3.63, 3.8) is 0 Å². The largest absolute Gasteiger partial charge is 0.397 e. The molecule has 1 aromatic heterocycles. The van der Waals surface area contributed by atoms with Gasteiger partial charge in [-0.25, -0.2) is 0 Å². The summed E-state index contributed by atoms with van der Waals surface area (Å²) in [4.78, 5) is 15.7. The van der Waals surface area contributed by atoms with E-state index in [-0.39, 0.29) is 5.91 Å². The molecule has 0 aliphatic rings. The Labute approximate surface area is 113 Å². The van der Waals surface area contributed by atoms with Gasteiger partial charge in [-0.05, 0) is 37.0 Å². The van der Waals surface area contributed by atoms with E-state index >= 15 is 0 Å². The molecular formula is C13H21N3OS. The van der Waals surface area contributed by atoms with E-state index in [9.17, 15) is 4.79 Å². The fourth-order valence-corrected chi connectivity index (χ4v) is 2.04. The Morgan fingerprint density at radius 1 is 1.39 bits per heavy atom. The number of unbranched alkanes of at least 4 members (excludes halogenated alkanes) is 2. The van der Waals surface area contributed by atoms with Crippen molar-refractivity contribution in [3.8, 4) is 0 Å². The van der Waals surface area contributed by atoms with E-state index in [1.54, 1.807) is 18.3 Å². The molecule has 100 valence electrons. The average molecular weight is 267 g/mol. The van der Waals surface area contributed by atoms with Crippen molar-refractivity contribution in [1.29, 1.82) is 0 Å². The lowest BCUT2D eigenvalue weighted by Gasteiger charge is -2.05. The molecule has 18 heavy (non-hydrogen) atoms. The third-order valence-corrected chi connectivity index (χ3v) is 3.23. The second-order valence-electron chi connectivity index (χ2n) is 4.16. The van der Waals surface area contributed by atoms with Gasteiger partial charge in [0, 0.05) is 12.2 Å². The minimum absolute atomic E-state index is 0.0251. The fraction of sp³-hybridized carbons (Fsp3) is 0.538. The number of rotatable bonds is 8. The number of carbonyl (C=O) groups excluding carboxylic acids is 1. The maximum atomic E-state index is 11.6. The Hall–Kier alpha value is -1.23. The number of carbonyl (C=O) groups is 1. The van der Waals surface area contributed by atoms with Crippen molar-refractivity contribution >= 4 is 23.4 Å². The standard InChI is InChI=1S/C13H21N3OS/c1-18-8-4-2-3-7-15-13(17)9-12-6-5-11(14)10-16-12/h5-6,10H,2-4,7-9,14H2,1H3,(H,15,17). The molecule has 1 amide bonds. The molecule has 1 rings (SSSR count). The number of hydrogen-bond acceptors (Lipinski definition) is 4. The number of aromatic nitrogens is 1. The van der Waals surface area contributed by atoms with Crippen LogP contribution in [0, 0.1) is 0 Å². The molecule has 5 heteroatoms. The molecule has 0 saturated heterocycles. The lowest BCUT2D eigenvalue weighted by Crippen LogP contribution is -2.26.